The smallest absolute Gasteiger partial charge is 0.238 e. The van der Waals surface area contributed by atoms with Gasteiger partial charge in [-0.05, 0) is 18.6 Å². The molecule has 2 aromatic heterocycles. The monoisotopic (exact) mass is 234 g/mol. The Hall–Kier alpha value is -1.91. The van der Waals surface area contributed by atoms with Crippen LogP contribution in [0.5, 0.6) is 0 Å². The number of rotatable bonds is 4. The Kier molecular flexibility index (Phi) is 3.08. The molecule has 0 aliphatic carbocycles. The second-order valence-corrected chi connectivity index (χ2v) is 4.24. The zero-order valence-corrected chi connectivity index (χ0v) is 10.1. The second kappa shape index (κ2) is 4.53. The fourth-order valence-electron chi connectivity index (χ4n) is 1.37. The van der Waals surface area contributed by atoms with Crippen LogP contribution in [0.2, 0.25) is 0 Å². The summed E-state index contributed by atoms with van der Waals surface area (Å²) in [6.45, 7) is 5.58. The lowest BCUT2D eigenvalue weighted by Gasteiger charge is -1.98. The largest absolute Gasteiger partial charge is 0.461 e. The van der Waals surface area contributed by atoms with Crippen LogP contribution >= 0.6 is 0 Å². The van der Waals surface area contributed by atoms with Crippen LogP contribution in [-0.2, 0) is 11.2 Å². The molecule has 0 aromatic carbocycles. The molecule has 2 aromatic rings. The van der Waals surface area contributed by atoms with E-state index in [0.29, 0.717) is 17.5 Å². The molecule has 0 amide bonds. The number of aromatic nitrogens is 2. The quantitative estimate of drug-likeness (QED) is 0.812. The summed E-state index contributed by atoms with van der Waals surface area (Å²) in [7, 11) is 0. The summed E-state index contributed by atoms with van der Waals surface area (Å²) >= 11 is 0. The standard InChI is InChI=1S/C12H14N2O3/c1-7(2)9(15)6-10-13-12(14-17-10)11-8(3)4-5-16-11/h4-5,7H,6H2,1-3H3. The molecule has 0 aliphatic heterocycles. The van der Waals surface area contributed by atoms with Gasteiger partial charge in [0, 0.05) is 5.92 Å². The Balaban J connectivity index is 2.17. The summed E-state index contributed by atoms with van der Waals surface area (Å²) in [5, 5.41) is 3.80. The lowest BCUT2D eigenvalue weighted by atomic mass is 10.1. The molecule has 0 radical (unpaired) electrons. The minimum absolute atomic E-state index is 0.0318. The normalized spacial score (nSPS) is 11.1. The van der Waals surface area contributed by atoms with Crippen molar-refractivity contribution in [1.29, 1.82) is 0 Å². The van der Waals surface area contributed by atoms with E-state index < -0.39 is 0 Å². The first kappa shape index (κ1) is 11.6. The van der Waals surface area contributed by atoms with Gasteiger partial charge < -0.3 is 8.94 Å². The number of furan rings is 1. The molecule has 2 heterocycles. The number of carbonyl (C=O) groups is 1. The average Bonchev–Trinajstić information content (AvgIpc) is 2.86. The predicted molar refractivity (Wildman–Crippen MR) is 60.3 cm³/mol. The maximum absolute atomic E-state index is 11.5. The fraction of sp³-hybridized carbons (Fsp3) is 0.417. The van der Waals surface area contributed by atoms with Gasteiger partial charge in [-0.1, -0.05) is 19.0 Å². The van der Waals surface area contributed by atoms with Gasteiger partial charge >= 0.3 is 0 Å². The lowest BCUT2D eigenvalue weighted by molar-refractivity contribution is -0.121. The molecule has 0 saturated carbocycles. The van der Waals surface area contributed by atoms with Gasteiger partial charge in [-0.3, -0.25) is 4.79 Å². The maximum Gasteiger partial charge on any atom is 0.238 e. The predicted octanol–water partition coefficient (Wildman–Crippen LogP) is 2.41. The van der Waals surface area contributed by atoms with E-state index in [-0.39, 0.29) is 18.1 Å². The molecule has 0 fully saturated rings. The van der Waals surface area contributed by atoms with Crippen molar-refractivity contribution in [2.24, 2.45) is 5.92 Å². The van der Waals surface area contributed by atoms with Crippen molar-refractivity contribution < 1.29 is 13.7 Å². The Morgan fingerprint density at radius 1 is 1.47 bits per heavy atom. The highest BCUT2D eigenvalue weighted by atomic mass is 16.5. The van der Waals surface area contributed by atoms with E-state index in [0.717, 1.165) is 5.56 Å². The van der Waals surface area contributed by atoms with Crippen molar-refractivity contribution in [3.8, 4) is 11.6 Å². The third kappa shape index (κ3) is 2.43. The molecule has 90 valence electrons. The third-order valence-corrected chi connectivity index (χ3v) is 2.50. The average molecular weight is 234 g/mol. The molecule has 0 saturated heterocycles. The number of ketones is 1. The van der Waals surface area contributed by atoms with Crippen LogP contribution in [0.25, 0.3) is 11.6 Å². The number of aryl methyl sites for hydroxylation is 1. The zero-order chi connectivity index (χ0) is 12.4. The molecule has 17 heavy (non-hydrogen) atoms. The van der Waals surface area contributed by atoms with E-state index in [4.69, 9.17) is 8.94 Å². The molecule has 0 N–H and O–H groups in total. The summed E-state index contributed by atoms with van der Waals surface area (Å²) in [5.41, 5.74) is 0.938. The highest BCUT2D eigenvalue weighted by Gasteiger charge is 2.17. The SMILES string of the molecule is Cc1ccoc1-c1noc(CC(=O)C(C)C)n1. The highest BCUT2D eigenvalue weighted by molar-refractivity contribution is 5.81. The van der Waals surface area contributed by atoms with Crippen molar-refractivity contribution in [3.63, 3.8) is 0 Å². The number of carbonyl (C=O) groups excluding carboxylic acids is 1. The van der Waals surface area contributed by atoms with Crippen molar-refractivity contribution in [2.45, 2.75) is 27.2 Å². The van der Waals surface area contributed by atoms with Crippen LogP contribution in [0.1, 0.15) is 25.3 Å². The lowest BCUT2D eigenvalue weighted by Crippen LogP contribution is -2.10. The molecule has 0 atom stereocenters. The first-order chi connectivity index (χ1) is 8.08. The molecular weight excluding hydrogens is 220 g/mol. The van der Waals surface area contributed by atoms with Crippen molar-refractivity contribution >= 4 is 5.78 Å². The summed E-state index contributed by atoms with van der Waals surface area (Å²) in [5.74, 6) is 1.35. The van der Waals surface area contributed by atoms with Crippen molar-refractivity contribution in [3.05, 3.63) is 23.8 Å². The summed E-state index contributed by atoms with van der Waals surface area (Å²) in [6, 6.07) is 1.82. The van der Waals surface area contributed by atoms with Gasteiger partial charge in [0.2, 0.25) is 11.7 Å². The summed E-state index contributed by atoms with van der Waals surface area (Å²) in [6.07, 6.45) is 1.74. The third-order valence-electron chi connectivity index (χ3n) is 2.50. The molecular formula is C12H14N2O3. The summed E-state index contributed by atoms with van der Waals surface area (Å²) < 4.78 is 10.3. The molecule has 2 rings (SSSR count). The van der Waals surface area contributed by atoms with Gasteiger partial charge in [-0.15, -0.1) is 0 Å². The van der Waals surface area contributed by atoms with Crippen LogP contribution in [-0.4, -0.2) is 15.9 Å². The molecule has 0 bridgehead atoms. The van der Waals surface area contributed by atoms with E-state index in [1.54, 1.807) is 6.26 Å². The summed E-state index contributed by atoms with van der Waals surface area (Å²) in [4.78, 5) is 15.7. The van der Waals surface area contributed by atoms with E-state index in [2.05, 4.69) is 10.1 Å². The van der Waals surface area contributed by atoms with Gasteiger partial charge in [0.15, 0.2) is 5.76 Å². The maximum atomic E-state index is 11.5. The van der Waals surface area contributed by atoms with Crippen LogP contribution < -0.4 is 0 Å². The van der Waals surface area contributed by atoms with Crippen LogP contribution in [0.15, 0.2) is 21.3 Å². The molecule has 0 spiro atoms. The fourth-order valence-corrected chi connectivity index (χ4v) is 1.37. The number of hydrogen-bond acceptors (Lipinski definition) is 5. The minimum atomic E-state index is -0.0318. The topological polar surface area (TPSA) is 69.1 Å². The number of nitrogens with zero attached hydrogens (tertiary/aromatic N) is 2. The van der Waals surface area contributed by atoms with Gasteiger partial charge in [0.05, 0.1) is 12.7 Å². The first-order valence-electron chi connectivity index (χ1n) is 5.47. The van der Waals surface area contributed by atoms with Crippen molar-refractivity contribution in [2.75, 3.05) is 0 Å². The van der Waals surface area contributed by atoms with Gasteiger partial charge in [-0.2, -0.15) is 4.98 Å². The molecule has 5 nitrogen and oxygen atoms in total. The van der Waals surface area contributed by atoms with Crippen LogP contribution in [0.4, 0.5) is 0 Å². The Labute approximate surface area is 98.8 Å². The Bertz CT molecular complexity index is 525. The Morgan fingerprint density at radius 3 is 2.82 bits per heavy atom. The Morgan fingerprint density at radius 2 is 2.24 bits per heavy atom. The van der Waals surface area contributed by atoms with E-state index in [9.17, 15) is 4.79 Å². The number of Topliss-reactive ketones (excluding diaryl/α,β-unsaturated/α-hetero) is 1. The van der Waals surface area contributed by atoms with Crippen LogP contribution in [0, 0.1) is 12.8 Å². The highest BCUT2D eigenvalue weighted by Crippen LogP contribution is 2.21. The minimum Gasteiger partial charge on any atom is -0.461 e. The zero-order valence-electron chi connectivity index (χ0n) is 10.1. The second-order valence-electron chi connectivity index (χ2n) is 4.24. The first-order valence-corrected chi connectivity index (χ1v) is 5.47. The van der Waals surface area contributed by atoms with Gasteiger partial charge in [0.1, 0.15) is 5.78 Å². The van der Waals surface area contributed by atoms with Crippen molar-refractivity contribution in [1.82, 2.24) is 10.1 Å². The van der Waals surface area contributed by atoms with Crippen LogP contribution in [0.3, 0.4) is 0 Å². The molecule has 0 aliphatic rings. The van der Waals surface area contributed by atoms with E-state index in [1.165, 1.54) is 0 Å². The molecule has 5 heteroatoms. The van der Waals surface area contributed by atoms with Gasteiger partial charge in [-0.25, -0.2) is 0 Å². The van der Waals surface area contributed by atoms with E-state index in [1.807, 2.05) is 26.8 Å². The number of hydrogen-bond donors (Lipinski definition) is 0. The van der Waals surface area contributed by atoms with E-state index >= 15 is 0 Å². The van der Waals surface area contributed by atoms with Gasteiger partial charge in [0.25, 0.3) is 0 Å². The molecule has 0 unspecified atom stereocenters.